The Hall–Kier alpha value is -2.35. The Morgan fingerprint density at radius 1 is 1.40 bits per heavy atom. The number of hydrogen-bond acceptors (Lipinski definition) is 5. The topological polar surface area (TPSA) is 106 Å². The van der Waals surface area contributed by atoms with Crippen LogP contribution in [-0.4, -0.2) is 16.0 Å². The summed E-state index contributed by atoms with van der Waals surface area (Å²) < 4.78 is 5.74. The normalized spacial score (nSPS) is 10.2. The van der Waals surface area contributed by atoms with E-state index in [1.807, 2.05) is 0 Å². The Kier molecular flexibility index (Phi) is 4.04. The first-order valence-corrected chi connectivity index (χ1v) is 6.26. The molecule has 0 atom stereocenters. The zero-order chi connectivity index (χ0) is 14.7. The molecule has 0 saturated heterocycles. The van der Waals surface area contributed by atoms with Crippen LogP contribution < -0.4 is 5.32 Å². The van der Waals surface area contributed by atoms with Crippen molar-refractivity contribution in [2.24, 2.45) is 0 Å². The number of furan rings is 1. The van der Waals surface area contributed by atoms with Crippen molar-refractivity contribution < 1.29 is 19.2 Å². The predicted octanol–water partition coefficient (Wildman–Crippen LogP) is 3.26. The Morgan fingerprint density at radius 3 is 2.75 bits per heavy atom. The quantitative estimate of drug-likeness (QED) is 0.639. The fraction of sp³-hybridized carbons (Fsp3) is 0.0833. The van der Waals surface area contributed by atoms with E-state index in [-0.39, 0.29) is 18.0 Å². The molecule has 0 saturated carbocycles. The number of carboxylic acid groups (broad SMARTS) is 1. The summed E-state index contributed by atoms with van der Waals surface area (Å²) in [5, 5.41) is 22.5. The van der Waals surface area contributed by atoms with E-state index < -0.39 is 10.9 Å². The second kappa shape index (κ2) is 5.74. The van der Waals surface area contributed by atoms with Crippen molar-refractivity contribution in [3.8, 4) is 0 Å². The van der Waals surface area contributed by atoms with Crippen molar-refractivity contribution in [3.05, 3.63) is 56.4 Å². The number of carboxylic acids is 1. The van der Waals surface area contributed by atoms with Crippen LogP contribution >= 0.6 is 15.9 Å². The van der Waals surface area contributed by atoms with Gasteiger partial charge in [-0.3, -0.25) is 10.1 Å². The molecule has 0 unspecified atom stereocenters. The molecule has 0 aliphatic rings. The van der Waals surface area contributed by atoms with E-state index in [2.05, 4.69) is 21.2 Å². The van der Waals surface area contributed by atoms with E-state index in [1.165, 1.54) is 18.2 Å². The molecule has 7 nitrogen and oxygen atoms in total. The van der Waals surface area contributed by atoms with Gasteiger partial charge in [-0.2, -0.15) is 0 Å². The van der Waals surface area contributed by atoms with Crippen molar-refractivity contribution in [2.45, 2.75) is 6.54 Å². The van der Waals surface area contributed by atoms with Gasteiger partial charge in [0, 0.05) is 10.5 Å². The molecule has 20 heavy (non-hydrogen) atoms. The Labute approximate surface area is 121 Å². The highest BCUT2D eigenvalue weighted by atomic mass is 79.9. The molecule has 1 aromatic heterocycles. The van der Waals surface area contributed by atoms with Crippen molar-refractivity contribution in [3.63, 3.8) is 0 Å². The second-order valence-electron chi connectivity index (χ2n) is 3.84. The zero-order valence-electron chi connectivity index (χ0n) is 10.00. The lowest BCUT2D eigenvalue weighted by Gasteiger charge is -2.05. The molecule has 0 bridgehead atoms. The van der Waals surface area contributed by atoms with Crippen LogP contribution in [0, 0.1) is 10.1 Å². The molecule has 0 aliphatic heterocycles. The van der Waals surface area contributed by atoms with Gasteiger partial charge in [-0.15, -0.1) is 0 Å². The number of nitrogens with zero attached hydrogens (tertiary/aromatic N) is 1. The molecular weight excluding hydrogens is 332 g/mol. The summed E-state index contributed by atoms with van der Waals surface area (Å²) in [5.41, 5.74) is 0.246. The summed E-state index contributed by atoms with van der Waals surface area (Å²) in [7, 11) is 0. The lowest BCUT2D eigenvalue weighted by molar-refractivity contribution is -0.384. The van der Waals surface area contributed by atoms with Crippen molar-refractivity contribution in [2.75, 3.05) is 5.32 Å². The summed E-state index contributed by atoms with van der Waals surface area (Å²) in [6.07, 6.45) is 0. The number of hydrogen-bond donors (Lipinski definition) is 2. The first-order chi connectivity index (χ1) is 9.47. The molecule has 1 heterocycles. The fourth-order valence-corrected chi connectivity index (χ4v) is 1.94. The third-order valence-electron chi connectivity index (χ3n) is 2.48. The Morgan fingerprint density at radius 2 is 2.15 bits per heavy atom. The van der Waals surface area contributed by atoms with Gasteiger partial charge in [0.2, 0.25) is 5.76 Å². The Bertz CT molecular complexity index is 668. The standard InChI is InChI=1S/C12H9BrN2O5/c13-7-1-3-10(15(18)19)9(5-7)14-6-8-2-4-11(20-8)12(16)17/h1-5,14H,6H2,(H,16,17). The molecule has 2 rings (SSSR count). The summed E-state index contributed by atoms with van der Waals surface area (Å²) >= 11 is 3.23. The SMILES string of the molecule is O=C(O)c1ccc(CNc2cc(Br)ccc2[N+](=O)[O-])o1. The van der Waals surface area contributed by atoms with Crippen LogP contribution in [0.25, 0.3) is 0 Å². The highest BCUT2D eigenvalue weighted by molar-refractivity contribution is 9.10. The monoisotopic (exact) mass is 340 g/mol. The maximum absolute atomic E-state index is 10.9. The highest BCUT2D eigenvalue weighted by Crippen LogP contribution is 2.28. The summed E-state index contributed by atoms with van der Waals surface area (Å²) in [4.78, 5) is 21.1. The van der Waals surface area contributed by atoms with Gasteiger partial charge in [0.25, 0.3) is 5.69 Å². The van der Waals surface area contributed by atoms with Gasteiger partial charge in [-0.1, -0.05) is 15.9 Å². The summed E-state index contributed by atoms with van der Waals surface area (Å²) in [6.45, 7) is 0.143. The smallest absolute Gasteiger partial charge is 0.371 e. The third kappa shape index (κ3) is 3.15. The molecule has 1 aromatic carbocycles. The first-order valence-electron chi connectivity index (χ1n) is 5.47. The van der Waals surface area contributed by atoms with Crippen LogP contribution in [0.1, 0.15) is 16.3 Å². The van der Waals surface area contributed by atoms with Crippen molar-refractivity contribution in [1.29, 1.82) is 0 Å². The Balaban J connectivity index is 2.15. The number of rotatable bonds is 5. The molecule has 2 N–H and O–H groups in total. The average Bonchev–Trinajstić information content (AvgIpc) is 2.85. The van der Waals surface area contributed by atoms with E-state index in [0.29, 0.717) is 15.9 Å². The summed E-state index contributed by atoms with van der Waals surface area (Å²) in [6, 6.07) is 7.34. The molecule has 0 fully saturated rings. The molecular formula is C12H9BrN2O5. The van der Waals surface area contributed by atoms with Crippen LogP contribution in [-0.2, 0) is 6.54 Å². The molecule has 0 spiro atoms. The third-order valence-corrected chi connectivity index (χ3v) is 2.97. The molecule has 8 heteroatoms. The van der Waals surface area contributed by atoms with Crippen molar-refractivity contribution >= 4 is 33.3 Å². The fourth-order valence-electron chi connectivity index (χ4n) is 1.58. The van der Waals surface area contributed by atoms with Gasteiger partial charge in [0.15, 0.2) is 0 Å². The zero-order valence-corrected chi connectivity index (χ0v) is 11.6. The van der Waals surface area contributed by atoms with Crippen LogP contribution in [0.5, 0.6) is 0 Å². The molecule has 0 amide bonds. The molecule has 2 aromatic rings. The number of halogens is 1. The van der Waals surface area contributed by atoms with Crippen LogP contribution in [0.2, 0.25) is 0 Å². The van der Waals surface area contributed by atoms with Gasteiger partial charge in [0.05, 0.1) is 11.5 Å². The lowest BCUT2D eigenvalue weighted by atomic mass is 10.2. The van der Waals surface area contributed by atoms with E-state index in [4.69, 9.17) is 9.52 Å². The average molecular weight is 341 g/mol. The van der Waals surface area contributed by atoms with Crippen molar-refractivity contribution in [1.82, 2.24) is 0 Å². The number of carbonyl (C=O) groups is 1. The van der Waals surface area contributed by atoms with E-state index in [9.17, 15) is 14.9 Å². The first kappa shape index (κ1) is 14.1. The van der Waals surface area contributed by atoms with Gasteiger partial charge in [0.1, 0.15) is 11.4 Å². The minimum atomic E-state index is -1.16. The maximum atomic E-state index is 10.9. The molecule has 0 aliphatic carbocycles. The van der Waals surface area contributed by atoms with E-state index >= 15 is 0 Å². The van der Waals surface area contributed by atoms with E-state index in [1.54, 1.807) is 12.1 Å². The van der Waals surface area contributed by atoms with Gasteiger partial charge < -0.3 is 14.8 Å². The molecule has 104 valence electrons. The largest absolute Gasteiger partial charge is 0.475 e. The lowest BCUT2D eigenvalue weighted by Crippen LogP contribution is -2.02. The number of anilines is 1. The predicted molar refractivity (Wildman–Crippen MR) is 73.8 cm³/mol. The van der Waals surface area contributed by atoms with Crippen LogP contribution in [0.4, 0.5) is 11.4 Å². The van der Waals surface area contributed by atoms with Crippen LogP contribution in [0.3, 0.4) is 0 Å². The maximum Gasteiger partial charge on any atom is 0.371 e. The second-order valence-corrected chi connectivity index (χ2v) is 4.76. The highest BCUT2D eigenvalue weighted by Gasteiger charge is 2.14. The van der Waals surface area contributed by atoms with Gasteiger partial charge in [-0.25, -0.2) is 4.79 Å². The number of nitrogens with one attached hydrogen (secondary N) is 1. The number of benzene rings is 1. The number of nitro groups is 1. The molecule has 0 radical (unpaired) electrons. The number of nitro benzene ring substituents is 1. The number of aromatic carboxylic acids is 1. The minimum absolute atomic E-state index is 0.0711. The van der Waals surface area contributed by atoms with Gasteiger partial charge in [-0.05, 0) is 24.3 Å². The van der Waals surface area contributed by atoms with Gasteiger partial charge >= 0.3 is 5.97 Å². The minimum Gasteiger partial charge on any atom is -0.475 e. The van der Waals surface area contributed by atoms with Crippen LogP contribution in [0.15, 0.2) is 39.2 Å². The van der Waals surface area contributed by atoms with E-state index in [0.717, 1.165) is 0 Å². The summed E-state index contributed by atoms with van der Waals surface area (Å²) in [5.74, 6) is -0.966.